The van der Waals surface area contributed by atoms with Gasteiger partial charge in [0.05, 0.1) is 5.69 Å². The molecule has 1 aromatic carbocycles. The average molecular weight is 257 g/mol. The summed E-state index contributed by atoms with van der Waals surface area (Å²) in [4.78, 5) is 0. The third-order valence-corrected chi connectivity index (χ3v) is 3.43. The Labute approximate surface area is 115 Å². The molecule has 102 valence electrons. The molecule has 0 spiro atoms. The van der Waals surface area contributed by atoms with Crippen LogP contribution in [0.4, 0.5) is 0 Å². The Balaban J connectivity index is 1.96. The van der Waals surface area contributed by atoms with E-state index in [0.717, 1.165) is 12.8 Å². The molecule has 1 heterocycles. The Kier molecular flexibility index (Phi) is 4.74. The van der Waals surface area contributed by atoms with E-state index in [4.69, 9.17) is 0 Å². The molecule has 1 N–H and O–H groups in total. The Bertz CT molecular complexity index is 488. The first-order valence-corrected chi connectivity index (χ1v) is 6.97. The monoisotopic (exact) mass is 257 g/mol. The zero-order chi connectivity index (χ0) is 13.7. The number of hydrogen-bond donors (Lipinski definition) is 1. The van der Waals surface area contributed by atoms with E-state index in [1.807, 2.05) is 11.7 Å². The highest BCUT2D eigenvalue weighted by molar-refractivity contribution is 5.19. The summed E-state index contributed by atoms with van der Waals surface area (Å²) in [5.74, 6) is 0. The van der Waals surface area contributed by atoms with Gasteiger partial charge in [0.2, 0.25) is 0 Å². The minimum absolute atomic E-state index is 0.394. The highest BCUT2D eigenvalue weighted by atomic mass is 15.3. The fourth-order valence-corrected chi connectivity index (χ4v) is 2.25. The van der Waals surface area contributed by atoms with Crippen LogP contribution in [-0.4, -0.2) is 16.8 Å². The molecule has 19 heavy (non-hydrogen) atoms. The predicted molar refractivity (Wildman–Crippen MR) is 79.2 cm³/mol. The smallest absolute Gasteiger partial charge is 0.0625 e. The standard InChI is InChI=1S/C16H23N3/c1-13(2)19-12-11-15(18-19)9-10-16(17-3)14-7-5-4-6-8-14/h4-8,11-13,16-17H,9-10H2,1-3H3. The molecule has 0 bridgehead atoms. The highest BCUT2D eigenvalue weighted by Gasteiger charge is 2.10. The third kappa shape index (κ3) is 3.67. The van der Waals surface area contributed by atoms with Crippen molar-refractivity contribution < 1.29 is 0 Å². The molecule has 1 unspecified atom stereocenters. The van der Waals surface area contributed by atoms with Crippen molar-refractivity contribution in [3.05, 3.63) is 53.9 Å². The van der Waals surface area contributed by atoms with Crippen molar-refractivity contribution in [1.82, 2.24) is 15.1 Å². The first-order valence-electron chi connectivity index (χ1n) is 6.97. The molecule has 0 radical (unpaired) electrons. The number of nitrogens with one attached hydrogen (secondary N) is 1. The Hall–Kier alpha value is -1.61. The fraction of sp³-hybridized carbons (Fsp3) is 0.438. The Morgan fingerprint density at radius 1 is 1.16 bits per heavy atom. The summed E-state index contributed by atoms with van der Waals surface area (Å²) in [6.45, 7) is 4.30. The molecule has 0 aliphatic carbocycles. The topological polar surface area (TPSA) is 29.9 Å². The van der Waals surface area contributed by atoms with Gasteiger partial charge in [0.1, 0.15) is 0 Å². The van der Waals surface area contributed by atoms with Crippen LogP contribution in [0.5, 0.6) is 0 Å². The van der Waals surface area contributed by atoms with Crippen molar-refractivity contribution in [2.45, 2.75) is 38.8 Å². The van der Waals surface area contributed by atoms with Gasteiger partial charge in [-0.15, -0.1) is 0 Å². The van der Waals surface area contributed by atoms with Crippen LogP contribution >= 0.6 is 0 Å². The lowest BCUT2D eigenvalue weighted by Gasteiger charge is -2.15. The maximum atomic E-state index is 4.60. The SMILES string of the molecule is CNC(CCc1ccn(C(C)C)n1)c1ccccc1. The van der Waals surface area contributed by atoms with E-state index >= 15 is 0 Å². The summed E-state index contributed by atoms with van der Waals surface area (Å²) in [5.41, 5.74) is 2.51. The molecular weight excluding hydrogens is 234 g/mol. The summed E-state index contributed by atoms with van der Waals surface area (Å²) in [7, 11) is 2.02. The summed E-state index contributed by atoms with van der Waals surface area (Å²) in [6, 6.07) is 13.5. The molecule has 2 aromatic rings. The second-order valence-electron chi connectivity index (χ2n) is 5.17. The van der Waals surface area contributed by atoms with Crippen molar-refractivity contribution >= 4 is 0 Å². The van der Waals surface area contributed by atoms with Crippen LogP contribution in [0.1, 0.15) is 43.6 Å². The number of benzene rings is 1. The van der Waals surface area contributed by atoms with Gasteiger partial charge in [0, 0.05) is 18.3 Å². The van der Waals surface area contributed by atoms with Crippen molar-refractivity contribution in [2.24, 2.45) is 0 Å². The van der Waals surface area contributed by atoms with Gasteiger partial charge in [-0.1, -0.05) is 30.3 Å². The summed E-state index contributed by atoms with van der Waals surface area (Å²) < 4.78 is 2.02. The van der Waals surface area contributed by atoms with E-state index in [1.165, 1.54) is 11.3 Å². The van der Waals surface area contributed by atoms with Gasteiger partial charge in [-0.2, -0.15) is 5.10 Å². The van der Waals surface area contributed by atoms with E-state index in [2.05, 4.69) is 66.9 Å². The molecule has 1 atom stereocenters. The molecule has 3 nitrogen and oxygen atoms in total. The number of aryl methyl sites for hydroxylation is 1. The van der Waals surface area contributed by atoms with Gasteiger partial charge in [0.15, 0.2) is 0 Å². The number of nitrogens with zero attached hydrogens (tertiary/aromatic N) is 2. The lowest BCUT2D eigenvalue weighted by Crippen LogP contribution is -2.17. The zero-order valence-electron chi connectivity index (χ0n) is 12.0. The Morgan fingerprint density at radius 3 is 2.47 bits per heavy atom. The summed E-state index contributed by atoms with van der Waals surface area (Å²) in [5, 5.41) is 7.98. The van der Waals surface area contributed by atoms with E-state index in [0.29, 0.717) is 12.1 Å². The van der Waals surface area contributed by atoms with E-state index in [9.17, 15) is 0 Å². The number of rotatable bonds is 6. The minimum Gasteiger partial charge on any atom is -0.313 e. The van der Waals surface area contributed by atoms with Crippen LogP contribution in [0.15, 0.2) is 42.6 Å². The quantitative estimate of drug-likeness (QED) is 0.860. The molecule has 0 aliphatic heterocycles. The van der Waals surface area contributed by atoms with E-state index < -0.39 is 0 Å². The van der Waals surface area contributed by atoms with Crippen LogP contribution in [0.3, 0.4) is 0 Å². The van der Waals surface area contributed by atoms with Crippen molar-refractivity contribution in [1.29, 1.82) is 0 Å². The van der Waals surface area contributed by atoms with Crippen LogP contribution in [-0.2, 0) is 6.42 Å². The third-order valence-electron chi connectivity index (χ3n) is 3.43. The van der Waals surface area contributed by atoms with Crippen LogP contribution in [0.2, 0.25) is 0 Å². The van der Waals surface area contributed by atoms with Crippen molar-refractivity contribution in [3.8, 4) is 0 Å². The highest BCUT2D eigenvalue weighted by Crippen LogP contribution is 2.18. The van der Waals surface area contributed by atoms with Gasteiger partial charge >= 0.3 is 0 Å². The van der Waals surface area contributed by atoms with Crippen LogP contribution < -0.4 is 5.32 Å². The fourth-order valence-electron chi connectivity index (χ4n) is 2.25. The second kappa shape index (κ2) is 6.53. The zero-order valence-corrected chi connectivity index (χ0v) is 12.0. The predicted octanol–water partition coefficient (Wildman–Crippen LogP) is 3.36. The number of aromatic nitrogens is 2. The number of hydrogen-bond acceptors (Lipinski definition) is 2. The molecule has 0 aliphatic rings. The summed E-state index contributed by atoms with van der Waals surface area (Å²) in [6.07, 6.45) is 4.13. The van der Waals surface area contributed by atoms with Crippen LogP contribution in [0.25, 0.3) is 0 Å². The lowest BCUT2D eigenvalue weighted by atomic mass is 10.0. The van der Waals surface area contributed by atoms with Crippen LogP contribution in [0, 0.1) is 0 Å². The summed E-state index contributed by atoms with van der Waals surface area (Å²) >= 11 is 0. The molecule has 0 saturated carbocycles. The molecule has 1 aromatic heterocycles. The molecule has 2 rings (SSSR count). The molecular formula is C16H23N3. The maximum Gasteiger partial charge on any atom is 0.0625 e. The van der Waals surface area contributed by atoms with Crippen molar-refractivity contribution in [2.75, 3.05) is 7.05 Å². The average Bonchev–Trinajstić information content (AvgIpc) is 2.90. The lowest BCUT2D eigenvalue weighted by molar-refractivity contribution is 0.512. The first-order chi connectivity index (χ1) is 9.20. The van der Waals surface area contributed by atoms with E-state index in [1.54, 1.807) is 0 Å². The molecule has 0 amide bonds. The van der Waals surface area contributed by atoms with E-state index in [-0.39, 0.29) is 0 Å². The molecule has 0 fully saturated rings. The minimum atomic E-state index is 0.394. The normalized spacial score (nSPS) is 12.8. The molecule has 0 saturated heterocycles. The van der Waals surface area contributed by atoms with Gasteiger partial charge < -0.3 is 5.32 Å². The van der Waals surface area contributed by atoms with Crippen molar-refractivity contribution in [3.63, 3.8) is 0 Å². The largest absolute Gasteiger partial charge is 0.313 e. The second-order valence-corrected chi connectivity index (χ2v) is 5.17. The Morgan fingerprint density at radius 2 is 1.89 bits per heavy atom. The van der Waals surface area contributed by atoms with Gasteiger partial charge in [-0.05, 0) is 45.4 Å². The van der Waals surface area contributed by atoms with Gasteiger partial charge in [-0.3, -0.25) is 4.68 Å². The van der Waals surface area contributed by atoms with Gasteiger partial charge in [0.25, 0.3) is 0 Å². The first kappa shape index (κ1) is 13.8. The molecule has 3 heteroatoms. The van der Waals surface area contributed by atoms with Gasteiger partial charge in [-0.25, -0.2) is 0 Å². The maximum absolute atomic E-state index is 4.60.